The van der Waals surface area contributed by atoms with Gasteiger partial charge in [0.25, 0.3) is 0 Å². The third-order valence-corrected chi connectivity index (χ3v) is 3.53. The second-order valence-corrected chi connectivity index (χ2v) is 5.32. The third-order valence-electron chi connectivity index (χ3n) is 3.53. The molecule has 128 valence electrons. The number of aromatic nitrogens is 2. The van der Waals surface area contributed by atoms with Crippen molar-refractivity contribution in [2.75, 3.05) is 12.3 Å². The summed E-state index contributed by atoms with van der Waals surface area (Å²) >= 11 is 0. The molecule has 2 heterocycles. The van der Waals surface area contributed by atoms with E-state index in [4.69, 9.17) is 10.5 Å². The molecule has 0 bridgehead atoms. The molecular formula is C15H14F3N3O3. The topological polar surface area (TPSA) is 90.5 Å². The highest BCUT2D eigenvalue weighted by Crippen LogP contribution is 2.39. The number of ether oxygens (including phenoxy) is 2. The number of hydrogen-bond donors (Lipinski definition) is 2. The van der Waals surface area contributed by atoms with Crippen molar-refractivity contribution < 1.29 is 27.8 Å². The van der Waals surface area contributed by atoms with E-state index in [0.717, 1.165) is 11.6 Å². The van der Waals surface area contributed by atoms with Gasteiger partial charge in [0.2, 0.25) is 0 Å². The number of aryl methyl sites for hydroxylation is 1. The zero-order valence-corrected chi connectivity index (χ0v) is 12.4. The molecule has 0 unspecified atom stereocenters. The number of nitrogen functional groups attached to an aromatic ring is 1. The van der Waals surface area contributed by atoms with Gasteiger partial charge in [-0.05, 0) is 36.1 Å². The van der Waals surface area contributed by atoms with Crippen LogP contribution in [0.15, 0.2) is 18.2 Å². The highest BCUT2D eigenvalue weighted by molar-refractivity contribution is 5.75. The highest BCUT2D eigenvalue weighted by atomic mass is 19.4. The van der Waals surface area contributed by atoms with Crippen LogP contribution in [-0.4, -0.2) is 28.3 Å². The lowest BCUT2D eigenvalue weighted by Gasteiger charge is -2.16. The number of benzene rings is 1. The largest absolute Gasteiger partial charge is 0.573 e. The number of alkyl halides is 3. The first-order valence-electron chi connectivity index (χ1n) is 7.15. The number of rotatable bonds is 1. The summed E-state index contributed by atoms with van der Waals surface area (Å²) < 4.78 is 46.6. The molecule has 3 N–H and O–H groups in total. The maximum atomic E-state index is 12.4. The molecule has 1 aliphatic rings. The number of aromatic hydroxyl groups is 1. The molecule has 2 aromatic rings. The third kappa shape index (κ3) is 3.51. The maximum absolute atomic E-state index is 12.4. The van der Waals surface area contributed by atoms with E-state index >= 15 is 0 Å². The van der Waals surface area contributed by atoms with E-state index in [-0.39, 0.29) is 18.0 Å². The molecule has 9 heteroatoms. The number of anilines is 1. The number of halogens is 3. The van der Waals surface area contributed by atoms with Gasteiger partial charge in [0.1, 0.15) is 23.0 Å². The van der Waals surface area contributed by atoms with Crippen LogP contribution >= 0.6 is 0 Å². The molecule has 0 fully saturated rings. The molecule has 0 radical (unpaired) electrons. The van der Waals surface area contributed by atoms with Gasteiger partial charge < -0.3 is 20.3 Å². The van der Waals surface area contributed by atoms with Crippen molar-refractivity contribution in [3.63, 3.8) is 0 Å². The summed E-state index contributed by atoms with van der Waals surface area (Å²) in [5.41, 5.74) is 7.37. The Balaban J connectivity index is 2.15. The minimum atomic E-state index is -4.85. The van der Waals surface area contributed by atoms with Crippen molar-refractivity contribution in [2.45, 2.75) is 25.8 Å². The molecule has 1 aromatic carbocycles. The van der Waals surface area contributed by atoms with Crippen molar-refractivity contribution in [2.24, 2.45) is 0 Å². The van der Waals surface area contributed by atoms with E-state index in [9.17, 15) is 18.3 Å². The van der Waals surface area contributed by atoms with Crippen LogP contribution in [0.25, 0.3) is 11.3 Å². The van der Waals surface area contributed by atoms with Crippen LogP contribution in [-0.2, 0) is 17.8 Å². The highest BCUT2D eigenvalue weighted by Gasteiger charge is 2.32. The Morgan fingerprint density at radius 2 is 1.96 bits per heavy atom. The molecule has 0 atom stereocenters. The fraction of sp³-hybridized carbons (Fsp3) is 0.333. The maximum Gasteiger partial charge on any atom is 0.573 e. The summed E-state index contributed by atoms with van der Waals surface area (Å²) in [5, 5.41) is 18.1. The van der Waals surface area contributed by atoms with E-state index in [1.165, 1.54) is 6.07 Å². The average molecular weight is 341 g/mol. The number of phenolic OH excluding ortho intramolecular Hbond substituents is 1. The molecule has 1 aliphatic heterocycles. The second-order valence-electron chi connectivity index (χ2n) is 5.32. The Morgan fingerprint density at radius 3 is 2.71 bits per heavy atom. The van der Waals surface area contributed by atoms with Gasteiger partial charge in [-0.2, -0.15) is 0 Å². The fourth-order valence-electron chi connectivity index (χ4n) is 2.63. The van der Waals surface area contributed by atoms with Crippen molar-refractivity contribution in [1.82, 2.24) is 10.2 Å². The SMILES string of the molecule is Nc1cc2c(nn1)-c1c(O)cc(OC(F)(F)F)cc1COCCC2. The quantitative estimate of drug-likeness (QED) is 0.829. The van der Waals surface area contributed by atoms with Crippen LogP contribution in [0.5, 0.6) is 11.5 Å². The summed E-state index contributed by atoms with van der Waals surface area (Å²) in [6, 6.07) is 3.71. The van der Waals surface area contributed by atoms with Gasteiger partial charge in [0, 0.05) is 18.2 Å². The Kier molecular flexibility index (Phi) is 4.18. The normalized spacial score (nSPS) is 14.8. The van der Waals surface area contributed by atoms with E-state index in [2.05, 4.69) is 14.9 Å². The predicted molar refractivity (Wildman–Crippen MR) is 78.2 cm³/mol. The van der Waals surface area contributed by atoms with E-state index in [1.807, 2.05) is 0 Å². The summed E-state index contributed by atoms with van der Waals surface area (Å²) in [6.07, 6.45) is -3.58. The summed E-state index contributed by atoms with van der Waals surface area (Å²) in [4.78, 5) is 0. The average Bonchev–Trinajstić information content (AvgIpc) is 2.54. The fourth-order valence-corrected chi connectivity index (χ4v) is 2.63. The summed E-state index contributed by atoms with van der Waals surface area (Å²) in [5.74, 6) is -0.684. The molecule has 1 aromatic heterocycles. The molecule has 6 nitrogen and oxygen atoms in total. The van der Waals surface area contributed by atoms with Gasteiger partial charge in [-0.25, -0.2) is 0 Å². The smallest absolute Gasteiger partial charge is 0.507 e. The first kappa shape index (κ1) is 16.3. The lowest BCUT2D eigenvalue weighted by molar-refractivity contribution is -0.274. The number of phenols is 1. The number of nitrogens with zero attached hydrogens (tertiary/aromatic N) is 2. The molecule has 24 heavy (non-hydrogen) atoms. The van der Waals surface area contributed by atoms with Gasteiger partial charge in [-0.1, -0.05) is 0 Å². The minimum Gasteiger partial charge on any atom is -0.507 e. The zero-order chi connectivity index (χ0) is 17.3. The van der Waals surface area contributed by atoms with Crippen LogP contribution in [0.1, 0.15) is 17.5 Å². The predicted octanol–water partition coefficient (Wildman–Crippen LogP) is 2.79. The number of nitrogens with two attached hydrogens (primary N) is 1. The van der Waals surface area contributed by atoms with Gasteiger partial charge in [-0.3, -0.25) is 0 Å². The Bertz CT molecular complexity index is 766. The number of hydrogen-bond acceptors (Lipinski definition) is 6. The van der Waals surface area contributed by atoms with E-state index in [1.54, 1.807) is 6.07 Å². The molecule has 0 saturated carbocycles. The zero-order valence-electron chi connectivity index (χ0n) is 12.4. The lowest BCUT2D eigenvalue weighted by atomic mass is 9.98. The Morgan fingerprint density at radius 1 is 1.17 bits per heavy atom. The van der Waals surface area contributed by atoms with Crippen LogP contribution < -0.4 is 10.5 Å². The Labute approximate surface area is 135 Å². The van der Waals surface area contributed by atoms with E-state index in [0.29, 0.717) is 30.7 Å². The molecule has 0 aliphatic carbocycles. The standard InChI is InChI=1S/C15H14F3N3O3/c16-15(17,18)24-10-4-9-7-23-3-1-2-8-5-12(19)20-21-14(8)13(9)11(22)6-10/h4-6,22H,1-3,7H2,(H2,19,20). The van der Waals surface area contributed by atoms with Crippen molar-refractivity contribution >= 4 is 5.82 Å². The second kappa shape index (κ2) is 6.16. The van der Waals surface area contributed by atoms with Crippen LogP contribution in [0.4, 0.5) is 19.0 Å². The summed E-state index contributed by atoms with van der Waals surface area (Å²) in [6.45, 7) is 0.426. The van der Waals surface area contributed by atoms with Crippen molar-refractivity contribution in [1.29, 1.82) is 0 Å². The molecule has 3 rings (SSSR count). The van der Waals surface area contributed by atoms with Gasteiger partial charge in [-0.15, -0.1) is 23.4 Å². The van der Waals surface area contributed by atoms with Gasteiger partial charge in [0.05, 0.1) is 6.61 Å². The van der Waals surface area contributed by atoms with Crippen LogP contribution in [0.2, 0.25) is 0 Å². The van der Waals surface area contributed by atoms with Crippen LogP contribution in [0.3, 0.4) is 0 Å². The molecule has 0 spiro atoms. The van der Waals surface area contributed by atoms with Crippen LogP contribution in [0, 0.1) is 0 Å². The molecule has 0 saturated heterocycles. The first-order valence-corrected chi connectivity index (χ1v) is 7.15. The summed E-state index contributed by atoms with van der Waals surface area (Å²) in [7, 11) is 0. The van der Waals surface area contributed by atoms with Gasteiger partial charge >= 0.3 is 6.36 Å². The minimum absolute atomic E-state index is 0.0173. The monoisotopic (exact) mass is 341 g/mol. The van der Waals surface area contributed by atoms with Crippen molar-refractivity contribution in [3.05, 3.63) is 29.3 Å². The molecule has 0 amide bonds. The lowest BCUT2D eigenvalue weighted by Crippen LogP contribution is -2.17. The van der Waals surface area contributed by atoms with Crippen molar-refractivity contribution in [3.8, 4) is 22.8 Å². The van der Waals surface area contributed by atoms with E-state index < -0.39 is 17.9 Å². The first-order chi connectivity index (χ1) is 11.3. The molecular weight excluding hydrogens is 327 g/mol. The van der Waals surface area contributed by atoms with Gasteiger partial charge in [0.15, 0.2) is 0 Å². The number of fused-ring (bicyclic) bond motifs is 3. The Hall–Kier alpha value is -2.55.